The van der Waals surface area contributed by atoms with Crippen molar-refractivity contribution in [3.05, 3.63) is 29.3 Å². The molecule has 2 saturated carbocycles. The van der Waals surface area contributed by atoms with Crippen LogP contribution in [0.25, 0.3) is 0 Å². The van der Waals surface area contributed by atoms with Gasteiger partial charge >= 0.3 is 0 Å². The monoisotopic (exact) mass is 273 g/mol. The lowest BCUT2D eigenvalue weighted by atomic mass is 9.58. The molecule has 1 aromatic rings. The largest absolute Gasteiger partial charge is 0.489 e. The first-order chi connectivity index (χ1) is 9.63. The molecule has 2 heteroatoms. The van der Waals surface area contributed by atoms with Crippen molar-refractivity contribution in [2.24, 2.45) is 11.1 Å². The van der Waals surface area contributed by atoms with Gasteiger partial charge < -0.3 is 10.5 Å². The van der Waals surface area contributed by atoms with Crippen LogP contribution in [0.15, 0.2) is 18.2 Å². The lowest BCUT2D eigenvalue weighted by Gasteiger charge is -2.54. The maximum Gasteiger partial charge on any atom is 0.125 e. The molecular weight excluding hydrogens is 246 g/mol. The van der Waals surface area contributed by atoms with E-state index >= 15 is 0 Å². The number of rotatable bonds is 2. The number of para-hydroxylation sites is 1. The molecule has 0 bridgehead atoms. The van der Waals surface area contributed by atoms with Crippen molar-refractivity contribution in [3.63, 3.8) is 0 Å². The average Bonchev–Trinajstić information content (AvgIpc) is 2.69. The molecule has 2 aliphatic rings. The first-order valence-corrected chi connectivity index (χ1v) is 8.12. The summed E-state index contributed by atoms with van der Waals surface area (Å²) < 4.78 is 6.45. The molecule has 0 radical (unpaired) electrons. The van der Waals surface area contributed by atoms with Crippen LogP contribution in [0, 0.1) is 19.3 Å². The van der Waals surface area contributed by atoms with Crippen molar-refractivity contribution in [3.8, 4) is 5.75 Å². The Bertz CT molecular complexity index is 454. The summed E-state index contributed by atoms with van der Waals surface area (Å²) in [7, 11) is 0. The number of hydrogen-bond acceptors (Lipinski definition) is 2. The van der Waals surface area contributed by atoms with Crippen molar-refractivity contribution in [2.75, 3.05) is 0 Å². The van der Waals surface area contributed by atoms with Crippen LogP contribution in [0.3, 0.4) is 0 Å². The highest BCUT2D eigenvalue weighted by Crippen LogP contribution is 2.51. The first kappa shape index (κ1) is 13.9. The average molecular weight is 273 g/mol. The molecule has 0 aromatic heterocycles. The molecule has 2 unspecified atom stereocenters. The summed E-state index contributed by atoms with van der Waals surface area (Å²) in [6.07, 6.45) is 9.23. The SMILES string of the molecule is Cc1cccc(C)c1OC1CC(N)C12CCCCCC2. The number of aryl methyl sites for hydroxylation is 2. The van der Waals surface area contributed by atoms with E-state index in [-0.39, 0.29) is 5.41 Å². The second kappa shape index (κ2) is 5.40. The summed E-state index contributed by atoms with van der Waals surface area (Å²) in [4.78, 5) is 0. The Kier molecular flexibility index (Phi) is 3.76. The predicted molar refractivity (Wildman–Crippen MR) is 83.1 cm³/mol. The maximum atomic E-state index is 6.45. The van der Waals surface area contributed by atoms with E-state index in [1.165, 1.54) is 49.7 Å². The molecular formula is C18H27NO. The summed E-state index contributed by atoms with van der Waals surface area (Å²) in [6, 6.07) is 6.72. The molecule has 2 atom stereocenters. The Hall–Kier alpha value is -1.02. The fourth-order valence-corrected chi connectivity index (χ4v) is 4.15. The molecule has 2 nitrogen and oxygen atoms in total. The lowest BCUT2D eigenvalue weighted by molar-refractivity contribution is -0.0775. The van der Waals surface area contributed by atoms with Gasteiger partial charge in [-0.25, -0.2) is 0 Å². The molecule has 20 heavy (non-hydrogen) atoms. The Morgan fingerprint density at radius 2 is 1.65 bits per heavy atom. The third-order valence-corrected chi connectivity index (χ3v) is 5.55. The minimum absolute atomic E-state index is 0.255. The second-order valence-corrected chi connectivity index (χ2v) is 6.82. The molecule has 0 amide bonds. The van der Waals surface area contributed by atoms with Gasteiger partial charge in [-0.3, -0.25) is 0 Å². The maximum absolute atomic E-state index is 6.45. The molecule has 0 saturated heterocycles. The minimum Gasteiger partial charge on any atom is -0.489 e. The zero-order chi connectivity index (χ0) is 14.2. The van der Waals surface area contributed by atoms with Crippen LogP contribution in [0.1, 0.15) is 56.1 Å². The van der Waals surface area contributed by atoms with Gasteiger partial charge in [0.25, 0.3) is 0 Å². The molecule has 2 N–H and O–H groups in total. The fraction of sp³-hybridized carbons (Fsp3) is 0.667. The van der Waals surface area contributed by atoms with Crippen molar-refractivity contribution >= 4 is 0 Å². The van der Waals surface area contributed by atoms with Crippen LogP contribution in [0.2, 0.25) is 0 Å². The number of benzene rings is 1. The van der Waals surface area contributed by atoms with Crippen LogP contribution >= 0.6 is 0 Å². The highest BCUT2D eigenvalue weighted by molar-refractivity contribution is 5.40. The topological polar surface area (TPSA) is 35.2 Å². The highest BCUT2D eigenvalue weighted by Gasteiger charge is 2.54. The van der Waals surface area contributed by atoms with Crippen molar-refractivity contribution in [1.82, 2.24) is 0 Å². The fourth-order valence-electron chi connectivity index (χ4n) is 4.15. The summed E-state index contributed by atoms with van der Waals surface area (Å²) >= 11 is 0. The molecule has 2 aliphatic carbocycles. The number of ether oxygens (including phenoxy) is 1. The standard InChI is InChI=1S/C18H27NO/c1-13-8-7-9-14(2)17(13)20-16-12-15(19)18(16)10-5-3-4-6-11-18/h7-9,15-16H,3-6,10-12,19H2,1-2H3. The third kappa shape index (κ3) is 2.24. The van der Waals surface area contributed by atoms with Crippen LogP contribution in [-0.2, 0) is 0 Å². The highest BCUT2D eigenvalue weighted by atomic mass is 16.5. The Morgan fingerprint density at radius 3 is 2.20 bits per heavy atom. The van der Waals surface area contributed by atoms with E-state index < -0.39 is 0 Å². The molecule has 1 spiro atoms. The summed E-state index contributed by atoms with van der Waals surface area (Å²) in [5.41, 5.74) is 9.14. The van der Waals surface area contributed by atoms with E-state index in [9.17, 15) is 0 Å². The van der Waals surface area contributed by atoms with Crippen LogP contribution in [-0.4, -0.2) is 12.1 Å². The van der Waals surface area contributed by atoms with Gasteiger partial charge in [0, 0.05) is 17.9 Å². The van der Waals surface area contributed by atoms with Gasteiger partial charge in [-0.05, 0) is 37.8 Å². The Morgan fingerprint density at radius 1 is 1.05 bits per heavy atom. The quantitative estimate of drug-likeness (QED) is 0.879. The third-order valence-electron chi connectivity index (χ3n) is 5.55. The number of nitrogens with two attached hydrogens (primary N) is 1. The zero-order valence-electron chi connectivity index (χ0n) is 12.8. The zero-order valence-corrected chi connectivity index (χ0v) is 12.8. The van der Waals surface area contributed by atoms with E-state index in [1.807, 2.05) is 0 Å². The van der Waals surface area contributed by atoms with Crippen LogP contribution in [0.4, 0.5) is 0 Å². The van der Waals surface area contributed by atoms with E-state index in [2.05, 4.69) is 32.0 Å². The van der Waals surface area contributed by atoms with Crippen LogP contribution in [0.5, 0.6) is 5.75 Å². The van der Waals surface area contributed by atoms with Gasteiger partial charge in [0.2, 0.25) is 0 Å². The first-order valence-electron chi connectivity index (χ1n) is 8.12. The van der Waals surface area contributed by atoms with Crippen LogP contribution < -0.4 is 10.5 Å². The summed E-state index contributed by atoms with van der Waals surface area (Å²) in [5, 5.41) is 0. The second-order valence-electron chi connectivity index (χ2n) is 6.82. The molecule has 1 aromatic carbocycles. The van der Waals surface area contributed by atoms with Gasteiger partial charge in [-0.2, -0.15) is 0 Å². The van der Waals surface area contributed by atoms with E-state index in [1.54, 1.807) is 0 Å². The number of hydrogen-bond donors (Lipinski definition) is 1. The van der Waals surface area contributed by atoms with Crippen molar-refractivity contribution in [2.45, 2.75) is 70.9 Å². The molecule has 0 aliphatic heterocycles. The van der Waals surface area contributed by atoms with E-state index in [0.717, 1.165) is 12.2 Å². The predicted octanol–water partition coefficient (Wildman–Crippen LogP) is 4.12. The lowest BCUT2D eigenvalue weighted by Crippen LogP contribution is -2.63. The van der Waals surface area contributed by atoms with Gasteiger partial charge in [0.15, 0.2) is 0 Å². The molecule has 2 fully saturated rings. The molecule has 110 valence electrons. The Labute approximate surface area is 122 Å². The Balaban J connectivity index is 1.80. The summed E-state index contributed by atoms with van der Waals surface area (Å²) in [5.74, 6) is 1.09. The van der Waals surface area contributed by atoms with Gasteiger partial charge in [0.05, 0.1) is 0 Å². The van der Waals surface area contributed by atoms with E-state index in [4.69, 9.17) is 10.5 Å². The smallest absolute Gasteiger partial charge is 0.125 e. The molecule has 3 rings (SSSR count). The molecule has 0 heterocycles. The van der Waals surface area contributed by atoms with E-state index in [0.29, 0.717) is 12.1 Å². The van der Waals surface area contributed by atoms with Crippen molar-refractivity contribution < 1.29 is 4.74 Å². The minimum atomic E-state index is 0.255. The van der Waals surface area contributed by atoms with Gasteiger partial charge in [-0.15, -0.1) is 0 Å². The van der Waals surface area contributed by atoms with Gasteiger partial charge in [-0.1, -0.05) is 43.9 Å². The summed E-state index contributed by atoms with van der Waals surface area (Å²) in [6.45, 7) is 4.28. The van der Waals surface area contributed by atoms with Gasteiger partial charge in [0.1, 0.15) is 11.9 Å². The normalized spacial score (nSPS) is 28.8. The van der Waals surface area contributed by atoms with Crippen molar-refractivity contribution in [1.29, 1.82) is 0 Å².